The first kappa shape index (κ1) is 18.6. The van der Waals surface area contributed by atoms with Crippen molar-refractivity contribution in [2.24, 2.45) is 0 Å². The number of rotatable bonds is 8. The molecule has 1 rings (SSSR count). The van der Waals surface area contributed by atoms with Crippen molar-refractivity contribution in [1.29, 1.82) is 0 Å². The van der Waals surface area contributed by atoms with Crippen LogP contribution in [-0.4, -0.2) is 40.6 Å². The van der Waals surface area contributed by atoms with Crippen molar-refractivity contribution in [3.8, 4) is 0 Å². The first-order valence-corrected chi connectivity index (χ1v) is 8.60. The van der Waals surface area contributed by atoms with Gasteiger partial charge in [0.1, 0.15) is 0 Å². The topological polar surface area (TPSA) is 84.5 Å². The largest absolute Gasteiger partial charge is 0.383 e. The Labute approximate surface area is 132 Å². The number of carbonyl (C=O) groups is 1. The van der Waals surface area contributed by atoms with Crippen molar-refractivity contribution in [3.63, 3.8) is 0 Å². The maximum atomic E-state index is 12.1. The van der Waals surface area contributed by atoms with E-state index >= 15 is 0 Å². The normalized spacial score (nSPS) is 12.9. The summed E-state index contributed by atoms with van der Waals surface area (Å²) in [5, 5.41) is 2.72. The van der Waals surface area contributed by atoms with Crippen molar-refractivity contribution in [3.05, 3.63) is 29.3 Å². The maximum absolute atomic E-state index is 12.1. The van der Waals surface area contributed by atoms with Crippen molar-refractivity contribution >= 4 is 15.9 Å². The lowest BCUT2D eigenvalue weighted by Crippen LogP contribution is -2.37. The number of sulfonamides is 1. The van der Waals surface area contributed by atoms with Crippen molar-refractivity contribution in [2.75, 3.05) is 20.3 Å². The molecule has 1 unspecified atom stereocenters. The second-order valence-electron chi connectivity index (χ2n) is 5.32. The van der Waals surface area contributed by atoms with Gasteiger partial charge in [0, 0.05) is 26.1 Å². The maximum Gasteiger partial charge on any atom is 0.240 e. The van der Waals surface area contributed by atoms with Gasteiger partial charge in [-0.2, -0.15) is 0 Å². The SMILES string of the molecule is COCC(C)NC(=O)CCNS(=O)(=O)c1ccc(C)c(C)c1. The van der Waals surface area contributed by atoms with Crippen LogP contribution >= 0.6 is 0 Å². The zero-order chi connectivity index (χ0) is 16.8. The Morgan fingerprint density at radius 1 is 1.27 bits per heavy atom. The minimum atomic E-state index is -3.59. The Balaban J connectivity index is 2.52. The van der Waals surface area contributed by atoms with Gasteiger partial charge in [-0.25, -0.2) is 13.1 Å². The zero-order valence-corrected chi connectivity index (χ0v) is 14.3. The van der Waals surface area contributed by atoms with Crippen LogP contribution in [-0.2, 0) is 19.6 Å². The first-order valence-electron chi connectivity index (χ1n) is 7.11. The number of hydrogen-bond donors (Lipinski definition) is 2. The van der Waals surface area contributed by atoms with Crippen LogP contribution in [0.5, 0.6) is 0 Å². The van der Waals surface area contributed by atoms with Crippen LogP contribution in [0.4, 0.5) is 0 Å². The lowest BCUT2D eigenvalue weighted by Gasteiger charge is -2.13. The molecular weight excluding hydrogens is 304 g/mol. The average molecular weight is 328 g/mol. The molecule has 1 aromatic carbocycles. The van der Waals surface area contributed by atoms with Gasteiger partial charge < -0.3 is 10.1 Å². The Morgan fingerprint density at radius 3 is 2.55 bits per heavy atom. The summed E-state index contributed by atoms with van der Waals surface area (Å²) in [5.74, 6) is -0.215. The molecule has 1 aromatic rings. The van der Waals surface area contributed by atoms with Crippen LogP contribution in [0, 0.1) is 13.8 Å². The summed E-state index contributed by atoms with van der Waals surface area (Å²) in [5.41, 5.74) is 1.94. The molecular formula is C15H24N2O4S. The third-order valence-electron chi connectivity index (χ3n) is 3.26. The van der Waals surface area contributed by atoms with E-state index in [1.54, 1.807) is 25.3 Å². The van der Waals surface area contributed by atoms with Crippen LogP contribution in [0.3, 0.4) is 0 Å². The second kappa shape index (κ2) is 8.26. The highest BCUT2D eigenvalue weighted by molar-refractivity contribution is 7.89. The van der Waals surface area contributed by atoms with Crippen molar-refractivity contribution in [1.82, 2.24) is 10.0 Å². The molecule has 0 aromatic heterocycles. The quantitative estimate of drug-likeness (QED) is 0.749. The molecule has 0 fully saturated rings. The molecule has 0 saturated carbocycles. The predicted molar refractivity (Wildman–Crippen MR) is 85.2 cm³/mol. The van der Waals surface area contributed by atoms with E-state index in [-0.39, 0.29) is 29.8 Å². The fourth-order valence-corrected chi connectivity index (χ4v) is 3.02. The molecule has 0 saturated heterocycles. The van der Waals surface area contributed by atoms with Crippen LogP contribution in [0.1, 0.15) is 24.5 Å². The molecule has 22 heavy (non-hydrogen) atoms. The molecule has 0 aliphatic rings. The molecule has 1 amide bonds. The van der Waals surface area contributed by atoms with Gasteiger partial charge in [0.15, 0.2) is 0 Å². The number of amides is 1. The van der Waals surface area contributed by atoms with Gasteiger partial charge in [-0.3, -0.25) is 4.79 Å². The van der Waals surface area contributed by atoms with Crippen LogP contribution in [0.2, 0.25) is 0 Å². The summed E-state index contributed by atoms with van der Waals surface area (Å²) < 4.78 is 31.6. The number of aryl methyl sites for hydroxylation is 2. The summed E-state index contributed by atoms with van der Waals surface area (Å²) in [7, 11) is -2.03. The van der Waals surface area contributed by atoms with E-state index < -0.39 is 10.0 Å². The van der Waals surface area contributed by atoms with E-state index in [0.29, 0.717) is 6.61 Å². The van der Waals surface area contributed by atoms with Gasteiger partial charge in [0.25, 0.3) is 0 Å². The molecule has 0 aliphatic carbocycles. The smallest absolute Gasteiger partial charge is 0.240 e. The fraction of sp³-hybridized carbons (Fsp3) is 0.533. The monoisotopic (exact) mass is 328 g/mol. The molecule has 7 heteroatoms. The minimum Gasteiger partial charge on any atom is -0.383 e. The first-order chi connectivity index (χ1) is 10.3. The lowest BCUT2D eigenvalue weighted by atomic mass is 10.1. The van der Waals surface area contributed by atoms with E-state index in [4.69, 9.17) is 4.74 Å². The molecule has 0 heterocycles. The summed E-state index contributed by atoms with van der Waals surface area (Å²) in [4.78, 5) is 11.9. The fourth-order valence-electron chi connectivity index (χ4n) is 1.90. The van der Waals surface area contributed by atoms with Gasteiger partial charge in [-0.15, -0.1) is 0 Å². The molecule has 1 atom stereocenters. The van der Waals surface area contributed by atoms with Gasteiger partial charge >= 0.3 is 0 Å². The molecule has 0 radical (unpaired) electrons. The van der Waals surface area contributed by atoms with E-state index in [1.165, 1.54) is 0 Å². The van der Waals surface area contributed by atoms with E-state index in [1.807, 2.05) is 20.8 Å². The average Bonchev–Trinajstić information content (AvgIpc) is 2.41. The summed E-state index contributed by atoms with van der Waals surface area (Å²) >= 11 is 0. The van der Waals surface area contributed by atoms with Crippen LogP contribution < -0.4 is 10.0 Å². The number of methoxy groups -OCH3 is 1. The second-order valence-corrected chi connectivity index (χ2v) is 7.08. The van der Waals surface area contributed by atoms with Crippen LogP contribution in [0.25, 0.3) is 0 Å². The van der Waals surface area contributed by atoms with E-state index in [2.05, 4.69) is 10.0 Å². The number of hydrogen-bond acceptors (Lipinski definition) is 4. The summed E-state index contributed by atoms with van der Waals surface area (Å²) in [6, 6.07) is 4.85. The highest BCUT2D eigenvalue weighted by Crippen LogP contribution is 2.14. The molecule has 0 spiro atoms. The Kier molecular flexibility index (Phi) is 6.99. The third kappa shape index (κ3) is 5.75. The van der Waals surface area contributed by atoms with Gasteiger partial charge in [0.2, 0.25) is 15.9 Å². The molecule has 2 N–H and O–H groups in total. The van der Waals surface area contributed by atoms with Crippen LogP contribution in [0.15, 0.2) is 23.1 Å². The molecule has 0 bridgehead atoms. The van der Waals surface area contributed by atoms with Crippen molar-refractivity contribution < 1.29 is 17.9 Å². The lowest BCUT2D eigenvalue weighted by molar-refractivity contribution is -0.121. The van der Waals surface area contributed by atoms with Gasteiger partial charge in [-0.05, 0) is 44.0 Å². The van der Waals surface area contributed by atoms with Gasteiger partial charge in [0.05, 0.1) is 11.5 Å². The van der Waals surface area contributed by atoms with E-state index in [9.17, 15) is 13.2 Å². The predicted octanol–water partition coefficient (Wildman–Crippen LogP) is 1.12. The Bertz CT molecular complexity index is 614. The highest BCUT2D eigenvalue weighted by Gasteiger charge is 2.15. The van der Waals surface area contributed by atoms with Crippen molar-refractivity contribution in [2.45, 2.75) is 38.1 Å². The standard InChI is InChI=1S/C15H24N2O4S/c1-11-5-6-14(9-12(11)2)22(19,20)16-8-7-15(18)17-13(3)10-21-4/h5-6,9,13,16H,7-8,10H2,1-4H3,(H,17,18). The molecule has 124 valence electrons. The highest BCUT2D eigenvalue weighted by atomic mass is 32.2. The number of carbonyl (C=O) groups excluding carboxylic acids is 1. The summed E-state index contributed by atoms with van der Waals surface area (Å²) in [6.45, 7) is 6.07. The number of benzene rings is 1. The Hall–Kier alpha value is -1.44. The third-order valence-corrected chi connectivity index (χ3v) is 4.72. The van der Waals surface area contributed by atoms with Gasteiger partial charge in [-0.1, -0.05) is 6.07 Å². The number of nitrogens with one attached hydrogen (secondary N) is 2. The zero-order valence-electron chi connectivity index (χ0n) is 13.5. The summed E-state index contributed by atoms with van der Waals surface area (Å²) in [6.07, 6.45) is 0.0815. The Morgan fingerprint density at radius 2 is 1.95 bits per heavy atom. The number of ether oxygens (including phenoxy) is 1. The molecule has 0 aliphatic heterocycles. The van der Waals surface area contributed by atoms with E-state index in [0.717, 1.165) is 11.1 Å². The minimum absolute atomic E-state index is 0.0563. The molecule has 6 nitrogen and oxygen atoms in total.